The van der Waals surface area contributed by atoms with Crippen LogP contribution in [0.15, 0.2) is 12.2 Å². The Bertz CT molecular complexity index is 480. The van der Waals surface area contributed by atoms with E-state index in [2.05, 4.69) is 6.58 Å². The van der Waals surface area contributed by atoms with E-state index in [-0.39, 0.29) is 28.5 Å². The first-order valence-electron chi connectivity index (χ1n) is 7.35. The molecule has 0 radical (unpaired) electrons. The molecule has 20 heavy (non-hydrogen) atoms. The smallest absolute Gasteiger partial charge is 0.333 e. The predicted octanol–water partition coefficient (Wildman–Crippen LogP) is 3.46. The molecule has 110 valence electrons. The van der Waals surface area contributed by atoms with Gasteiger partial charge in [-0.3, -0.25) is 4.79 Å². The third-order valence-electron chi connectivity index (χ3n) is 5.89. The third kappa shape index (κ3) is 1.86. The summed E-state index contributed by atoms with van der Waals surface area (Å²) in [6, 6.07) is 0. The first-order chi connectivity index (χ1) is 9.27. The maximum absolute atomic E-state index is 11.9. The van der Waals surface area contributed by atoms with Crippen LogP contribution in [-0.2, 0) is 14.3 Å². The Balaban J connectivity index is 1.89. The Morgan fingerprint density at radius 3 is 2.20 bits per heavy atom. The van der Waals surface area contributed by atoms with Gasteiger partial charge in [0, 0.05) is 22.8 Å². The van der Waals surface area contributed by atoms with Crippen LogP contribution in [0.1, 0.15) is 46.0 Å². The molecule has 2 atom stereocenters. The number of carbonyl (C=O) groups is 2. The van der Waals surface area contributed by atoms with Crippen LogP contribution in [-0.4, -0.2) is 16.8 Å². The largest absolute Gasteiger partial charge is 0.455 e. The molecule has 0 amide bonds. The number of halogens is 1. The Morgan fingerprint density at radius 2 is 1.75 bits per heavy atom. The maximum Gasteiger partial charge on any atom is 0.333 e. The van der Waals surface area contributed by atoms with Gasteiger partial charge in [0.25, 0.3) is 0 Å². The van der Waals surface area contributed by atoms with Gasteiger partial charge in [-0.25, -0.2) is 4.79 Å². The highest BCUT2D eigenvalue weighted by molar-refractivity contribution is 6.64. The van der Waals surface area contributed by atoms with E-state index in [4.69, 9.17) is 16.3 Å². The van der Waals surface area contributed by atoms with Crippen LogP contribution in [0.3, 0.4) is 0 Å². The highest BCUT2D eigenvalue weighted by Gasteiger charge is 2.64. The van der Waals surface area contributed by atoms with Gasteiger partial charge in [-0.05, 0) is 63.5 Å². The molecule has 4 heteroatoms. The first-order valence-corrected chi connectivity index (χ1v) is 7.73. The standard InChI is InChI=1S/C16H21ClO3/c1-9(2)13(18)20-15(3)11-4-10-5-12(15)8-16(6-10,7-11)14(17)19/h10-12H,1,4-8H2,2-3H3. The highest BCUT2D eigenvalue weighted by Crippen LogP contribution is 2.65. The molecule has 4 aliphatic rings. The molecule has 0 spiro atoms. The number of ether oxygens (including phenoxy) is 1. The van der Waals surface area contributed by atoms with Crippen molar-refractivity contribution in [3.63, 3.8) is 0 Å². The molecule has 4 rings (SSSR count). The summed E-state index contributed by atoms with van der Waals surface area (Å²) in [5.74, 6) is 0.748. The zero-order valence-electron chi connectivity index (χ0n) is 12.1. The van der Waals surface area contributed by atoms with Crippen LogP contribution in [0, 0.1) is 23.2 Å². The normalized spacial score (nSPS) is 45.2. The van der Waals surface area contributed by atoms with Crippen LogP contribution in [0.4, 0.5) is 0 Å². The summed E-state index contributed by atoms with van der Waals surface area (Å²) < 4.78 is 5.81. The van der Waals surface area contributed by atoms with Crippen molar-refractivity contribution in [2.24, 2.45) is 23.2 Å². The van der Waals surface area contributed by atoms with Gasteiger partial charge in [0.2, 0.25) is 5.24 Å². The molecule has 0 aromatic rings. The molecule has 0 aromatic heterocycles. The first kappa shape index (κ1) is 14.1. The fourth-order valence-electron chi connectivity index (χ4n) is 4.88. The van der Waals surface area contributed by atoms with Crippen molar-refractivity contribution in [1.82, 2.24) is 0 Å². The molecule has 2 unspecified atom stereocenters. The monoisotopic (exact) mass is 296 g/mol. The van der Waals surface area contributed by atoms with Gasteiger partial charge < -0.3 is 4.74 Å². The number of esters is 1. The van der Waals surface area contributed by atoms with Gasteiger partial charge in [0.15, 0.2) is 0 Å². The van der Waals surface area contributed by atoms with Gasteiger partial charge in [0.1, 0.15) is 5.60 Å². The average Bonchev–Trinajstić information content (AvgIpc) is 2.35. The van der Waals surface area contributed by atoms with Crippen molar-refractivity contribution in [3.8, 4) is 0 Å². The second kappa shape index (κ2) is 4.33. The number of rotatable bonds is 3. The van der Waals surface area contributed by atoms with Crippen molar-refractivity contribution in [1.29, 1.82) is 0 Å². The molecule has 0 aliphatic heterocycles. The lowest BCUT2D eigenvalue weighted by Gasteiger charge is -2.62. The van der Waals surface area contributed by atoms with E-state index in [0.717, 1.165) is 32.1 Å². The molecule has 0 saturated heterocycles. The summed E-state index contributed by atoms with van der Waals surface area (Å²) in [5.41, 5.74) is -0.376. The lowest BCUT2D eigenvalue weighted by atomic mass is 9.45. The summed E-state index contributed by atoms with van der Waals surface area (Å²) in [6.45, 7) is 7.37. The molecule has 0 aromatic carbocycles. The predicted molar refractivity (Wildman–Crippen MR) is 76.2 cm³/mol. The van der Waals surface area contributed by atoms with Crippen molar-refractivity contribution >= 4 is 22.8 Å². The van der Waals surface area contributed by atoms with Crippen LogP contribution < -0.4 is 0 Å². The van der Waals surface area contributed by atoms with Crippen molar-refractivity contribution in [2.45, 2.75) is 51.6 Å². The fourth-order valence-corrected chi connectivity index (χ4v) is 5.11. The molecule has 4 fully saturated rings. The van der Waals surface area contributed by atoms with Crippen molar-refractivity contribution in [3.05, 3.63) is 12.2 Å². The lowest BCUT2D eigenvalue weighted by Crippen LogP contribution is -2.62. The van der Waals surface area contributed by atoms with Gasteiger partial charge >= 0.3 is 5.97 Å². The van der Waals surface area contributed by atoms with E-state index in [9.17, 15) is 9.59 Å². The maximum atomic E-state index is 11.9. The minimum Gasteiger partial charge on any atom is -0.455 e. The van der Waals surface area contributed by atoms with Gasteiger partial charge in [-0.2, -0.15) is 0 Å². The van der Waals surface area contributed by atoms with Gasteiger partial charge in [0.05, 0.1) is 0 Å². The molecular formula is C16H21ClO3. The second-order valence-electron chi connectivity index (χ2n) is 7.25. The molecular weight excluding hydrogens is 276 g/mol. The Morgan fingerprint density at radius 1 is 1.20 bits per heavy atom. The topological polar surface area (TPSA) is 43.4 Å². The molecule has 0 heterocycles. The Hall–Kier alpha value is -0.830. The highest BCUT2D eigenvalue weighted by atomic mass is 35.5. The zero-order valence-corrected chi connectivity index (χ0v) is 12.8. The van der Waals surface area contributed by atoms with Crippen molar-refractivity contribution in [2.75, 3.05) is 0 Å². The lowest BCUT2D eigenvalue weighted by molar-refractivity contribution is -0.212. The van der Waals surface area contributed by atoms with Crippen molar-refractivity contribution < 1.29 is 14.3 Å². The number of hydrogen-bond acceptors (Lipinski definition) is 3. The minimum atomic E-state index is -0.456. The van der Waals surface area contributed by atoms with Crippen LogP contribution >= 0.6 is 11.6 Å². The quantitative estimate of drug-likeness (QED) is 0.455. The summed E-state index contributed by atoms with van der Waals surface area (Å²) in [6.07, 6.45) is 4.54. The summed E-state index contributed by atoms with van der Waals surface area (Å²) in [7, 11) is 0. The zero-order chi connectivity index (χ0) is 14.7. The SMILES string of the molecule is C=C(C)C(=O)OC1(C)C2CC3CC1CC(C(=O)Cl)(C3)C2. The van der Waals surface area contributed by atoms with E-state index in [1.54, 1.807) is 6.92 Å². The van der Waals surface area contributed by atoms with E-state index in [1.807, 2.05) is 6.92 Å². The molecule has 3 nitrogen and oxygen atoms in total. The average molecular weight is 297 g/mol. The van der Waals surface area contributed by atoms with Gasteiger partial charge in [-0.1, -0.05) is 6.58 Å². The van der Waals surface area contributed by atoms with E-state index in [0.29, 0.717) is 11.5 Å². The fraction of sp³-hybridized carbons (Fsp3) is 0.750. The molecule has 4 bridgehead atoms. The molecule has 4 aliphatic carbocycles. The number of carbonyl (C=O) groups excluding carboxylic acids is 2. The Kier molecular flexibility index (Phi) is 3.06. The molecule has 0 N–H and O–H groups in total. The summed E-state index contributed by atoms with van der Waals surface area (Å²) >= 11 is 5.89. The van der Waals surface area contributed by atoms with Crippen LogP contribution in [0.25, 0.3) is 0 Å². The van der Waals surface area contributed by atoms with Crippen LogP contribution in [0.5, 0.6) is 0 Å². The summed E-state index contributed by atoms with van der Waals surface area (Å²) in [4.78, 5) is 23.8. The number of hydrogen-bond donors (Lipinski definition) is 0. The second-order valence-corrected chi connectivity index (χ2v) is 7.59. The summed E-state index contributed by atoms with van der Waals surface area (Å²) in [5, 5.41) is -0.190. The van der Waals surface area contributed by atoms with E-state index in [1.165, 1.54) is 0 Å². The Labute approximate surface area is 124 Å². The minimum absolute atomic E-state index is 0.190. The van der Waals surface area contributed by atoms with E-state index < -0.39 is 5.60 Å². The molecule has 4 saturated carbocycles. The third-order valence-corrected chi connectivity index (χ3v) is 6.29. The van der Waals surface area contributed by atoms with Gasteiger partial charge in [-0.15, -0.1) is 0 Å². The van der Waals surface area contributed by atoms with Crippen LogP contribution in [0.2, 0.25) is 0 Å². The van der Waals surface area contributed by atoms with E-state index >= 15 is 0 Å².